The zero-order chi connectivity index (χ0) is 12.1. The summed E-state index contributed by atoms with van der Waals surface area (Å²) in [4.78, 5) is 13.3. The molecule has 1 saturated carbocycles. The summed E-state index contributed by atoms with van der Waals surface area (Å²) in [5.74, 6) is 1.73. The van der Waals surface area contributed by atoms with Gasteiger partial charge in [0, 0.05) is 14.1 Å². The first-order valence-electron chi connectivity index (χ1n) is 6.47. The molecule has 0 heterocycles. The van der Waals surface area contributed by atoms with E-state index in [0.717, 1.165) is 18.4 Å². The van der Waals surface area contributed by atoms with E-state index in [-0.39, 0.29) is 11.9 Å². The van der Waals surface area contributed by atoms with Gasteiger partial charge in [0.2, 0.25) is 5.91 Å². The molecule has 0 radical (unpaired) electrons. The van der Waals surface area contributed by atoms with Crippen LogP contribution in [0.15, 0.2) is 0 Å². The van der Waals surface area contributed by atoms with Crippen molar-refractivity contribution in [3.8, 4) is 0 Å². The number of likely N-dealkylation sites (N-methyl/N-ethyl adjacent to an activating group) is 1. The lowest BCUT2D eigenvalue weighted by atomic mass is 9.80. The van der Waals surface area contributed by atoms with Crippen molar-refractivity contribution in [3.05, 3.63) is 0 Å². The van der Waals surface area contributed by atoms with Gasteiger partial charge < -0.3 is 10.2 Å². The van der Waals surface area contributed by atoms with Crippen molar-refractivity contribution in [3.63, 3.8) is 0 Å². The number of amides is 1. The van der Waals surface area contributed by atoms with Gasteiger partial charge in [-0.2, -0.15) is 0 Å². The zero-order valence-electron chi connectivity index (χ0n) is 11.1. The first kappa shape index (κ1) is 13.5. The quantitative estimate of drug-likeness (QED) is 0.794. The molecule has 1 fully saturated rings. The van der Waals surface area contributed by atoms with Gasteiger partial charge in [0.25, 0.3) is 0 Å². The third kappa shape index (κ3) is 3.78. The van der Waals surface area contributed by atoms with Gasteiger partial charge in [0.15, 0.2) is 0 Å². The maximum atomic E-state index is 11.7. The fraction of sp³-hybridized carbons (Fsp3) is 0.923. The van der Waals surface area contributed by atoms with Crippen LogP contribution in [0.1, 0.15) is 39.5 Å². The second-order valence-electron chi connectivity index (χ2n) is 5.38. The smallest absolute Gasteiger partial charge is 0.238 e. The Labute approximate surface area is 99.6 Å². The first-order chi connectivity index (χ1) is 7.52. The molecule has 16 heavy (non-hydrogen) atoms. The molecule has 1 aliphatic carbocycles. The summed E-state index contributed by atoms with van der Waals surface area (Å²) < 4.78 is 0. The lowest BCUT2D eigenvalue weighted by Crippen LogP contribution is -2.44. The van der Waals surface area contributed by atoms with Crippen LogP contribution in [0.4, 0.5) is 0 Å². The highest BCUT2D eigenvalue weighted by atomic mass is 16.2. The van der Waals surface area contributed by atoms with E-state index >= 15 is 0 Å². The Morgan fingerprint density at radius 2 is 2.00 bits per heavy atom. The van der Waals surface area contributed by atoms with Gasteiger partial charge in [-0.25, -0.2) is 0 Å². The van der Waals surface area contributed by atoms with Gasteiger partial charge >= 0.3 is 0 Å². The summed E-state index contributed by atoms with van der Waals surface area (Å²) in [6, 6.07) is -0.0517. The molecule has 3 heteroatoms. The predicted molar refractivity (Wildman–Crippen MR) is 67.3 cm³/mol. The van der Waals surface area contributed by atoms with Crippen molar-refractivity contribution in [2.75, 3.05) is 20.6 Å². The number of carbonyl (C=O) groups is 1. The second-order valence-corrected chi connectivity index (χ2v) is 5.38. The molecule has 0 saturated heterocycles. The molecular formula is C13H26N2O. The molecule has 0 aromatic heterocycles. The summed E-state index contributed by atoms with van der Waals surface area (Å²) in [7, 11) is 3.62. The molecule has 1 rings (SSSR count). The van der Waals surface area contributed by atoms with Crippen molar-refractivity contribution in [2.24, 2.45) is 11.8 Å². The second kappa shape index (κ2) is 6.24. The highest BCUT2D eigenvalue weighted by Crippen LogP contribution is 2.28. The highest BCUT2D eigenvalue weighted by Gasteiger charge is 2.22. The summed E-state index contributed by atoms with van der Waals surface area (Å²) in [5, 5.41) is 3.37. The lowest BCUT2D eigenvalue weighted by molar-refractivity contribution is -0.130. The molecule has 3 atom stereocenters. The Morgan fingerprint density at radius 3 is 2.56 bits per heavy atom. The minimum Gasteiger partial charge on any atom is -0.347 e. The molecule has 0 aromatic rings. The zero-order valence-corrected chi connectivity index (χ0v) is 11.1. The monoisotopic (exact) mass is 226 g/mol. The Morgan fingerprint density at radius 1 is 1.38 bits per heavy atom. The average Bonchev–Trinajstić information content (AvgIpc) is 2.26. The Kier molecular flexibility index (Phi) is 5.26. The van der Waals surface area contributed by atoms with E-state index in [1.807, 2.05) is 21.0 Å². The molecule has 1 N–H and O–H groups in total. The molecule has 0 spiro atoms. The Bertz CT molecular complexity index is 228. The Balaban J connectivity index is 2.30. The molecule has 94 valence electrons. The van der Waals surface area contributed by atoms with E-state index in [0.29, 0.717) is 0 Å². The molecule has 0 aromatic carbocycles. The van der Waals surface area contributed by atoms with Crippen LogP contribution in [0.5, 0.6) is 0 Å². The number of carbonyl (C=O) groups excluding carboxylic acids is 1. The van der Waals surface area contributed by atoms with Gasteiger partial charge in [-0.3, -0.25) is 4.79 Å². The van der Waals surface area contributed by atoms with Crippen molar-refractivity contribution < 1.29 is 4.79 Å². The SMILES string of the molecule is CC(NCC1CCCCC1C)C(=O)N(C)C. The van der Waals surface area contributed by atoms with Gasteiger partial charge in [-0.1, -0.05) is 26.2 Å². The molecule has 1 amide bonds. The number of nitrogens with one attached hydrogen (secondary N) is 1. The van der Waals surface area contributed by atoms with Crippen LogP contribution in [0, 0.1) is 11.8 Å². The molecule has 0 aliphatic heterocycles. The standard InChI is InChI=1S/C13H26N2O/c1-10-7-5-6-8-12(10)9-14-11(2)13(16)15(3)4/h10-12,14H,5-9H2,1-4H3. The fourth-order valence-electron chi connectivity index (χ4n) is 2.50. The molecular weight excluding hydrogens is 200 g/mol. The Hall–Kier alpha value is -0.570. The molecule has 0 bridgehead atoms. The average molecular weight is 226 g/mol. The van der Waals surface area contributed by atoms with Gasteiger partial charge in [0.1, 0.15) is 0 Å². The van der Waals surface area contributed by atoms with Crippen molar-refractivity contribution >= 4 is 5.91 Å². The minimum absolute atomic E-state index is 0.0517. The van der Waals surface area contributed by atoms with Crippen LogP contribution in [0.3, 0.4) is 0 Å². The number of hydrogen-bond acceptors (Lipinski definition) is 2. The summed E-state index contributed by atoms with van der Waals surface area (Å²) in [6.45, 7) is 5.28. The topological polar surface area (TPSA) is 32.3 Å². The van der Waals surface area contributed by atoms with E-state index in [1.165, 1.54) is 25.7 Å². The number of rotatable bonds is 4. The normalized spacial score (nSPS) is 27.5. The van der Waals surface area contributed by atoms with Crippen LogP contribution < -0.4 is 5.32 Å². The maximum Gasteiger partial charge on any atom is 0.238 e. The van der Waals surface area contributed by atoms with Crippen LogP contribution in [-0.4, -0.2) is 37.5 Å². The van der Waals surface area contributed by atoms with Gasteiger partial charge in [-0.15, -0.1) is 0 Å². The molecule has 3 unspecified atom stereocenters. The van der Waals surface area contributed by atoms with Crippen LogP contribution in [0.25, 0.3) is 0 Å². The van der Waals surface area contributed by atoms with Crippen molar-refractivity contribution in [1.29, 1.82) is 0 Å². The first-order valence-corrected chi connectivity index (χ1v) is 6.47. The van der Waals surface area contributed by atoms with Crippen LogP contribution >= 0.6 is 0 Å². The highest BCUT2D eigenvalue weighted by molar-refractivity contribution is 5.80. The van der Waals surface area contributed by atoms with E-state index in [1.54, 1.807) is 4.90 Å². The minimum atomic E-state index is -0.0517. The largest absolute Gasteiger partial charge is 0.347 e. The lowest BCUT2D eigenvalue weighted by Gasteiger charge is -2.30. The maximum absolute atomic E-state index is 11.7. The third-order valence-electron chi connectivity index (χ3n) is 3.79. The van der Waals surface area contributed by atoms with Gasteiger partial charge in [-0.05, 0) is 31.7 Å². The van der Waals surface area contributed by atoms with E-state index < -0.39 is 0 Å². The van der Waals surface area contributed by atoms with Crippen molar-refractivity contribution in [1.82, 2.24) is 10.2 Å². The molecule has 1 aliphatic rings. The van der Waals surface area contributed by atoms with E-state index in [9.17, 15) is 4.79 Å². The predicted octanol–water partition coefficient (Wildman–Crippen LogP) is 1.88. The number of hydrogen-bond donors (Lipinski definition) is 1. The van der Waals surface area contributed by atoms with E-state index in [2.05, 4.69) is 12.2 Å². The summed E-state index contributed by atoms with van der Waals surface area (Å²) in [5.41, 5.74) is 0. The molecule has 3 nitrogen and oxygen atoms in total. The van der Waals surface area contributed by atoms with E-state index in [4.69, 9.17) is 0 Å². The number of nitrogens with zero attached hydrogens (tertiary/aromatic N) is 1. The summed E-state index contributed by atoms with van der Waals surface area (Å²) >= 11 is 0. The van der Waals surface area contributed by atoms with Crippen molar-refractivity contribution in [2.45, 2.75) is 45.6 Å². The third-order valence-corrected chi connectivity index (χ3v) is 3.79. The summed E-state index contributed by atoms with van der Waals surface area (Å²) in [6.07, 6.45) is 5.40. The van der Waals surface area contributed by atoms with Crippen LogP contribution in [-0.2, 0) is 4.79 Å². The van der Waals surface area contributed by atoms with Gasteiger partial charge in [0.05, 0.1) is 6.04 Å². The fourth-order valence-corrected chi connectivity index (χ4v) is 2.50. The van der Waals surface area contributed by atoms with Crippen LogP contribution in [0.2, 0.25) is 0 Å².